The maximum atomic E-state index is 12.5. The number of nitrogens with one attached hydrogen (secondary N) is 1. The van der Waals surface area contributed by atoms with Crippen LogP contribution < -0.4 is 5.32 Å². The SMILES string of the molecule is Cc1cc(C)c(C#N)c(-c2ccc(C(=O)N[C@@H]3C[C@@H](CO)N(C)C3)cc2)n1. The van der Waals surface area contributed by atoms with Crippen molar-refractivity contribution in [2.45, 2.75) is 32.4 Å². The number of hydrogen-bond acceptors (Lipinski definition) is 5. The summed E-state index contributed by atoms with van der Waals surface area (Å²) < 4.78 is 0. The van der Waals surface area contributed by atoms with Crippen molar-refractivity contribution in [3.8, 4) is 17.3 Å². The van der Waals surface area contributed by atoms with Gasteiger partial charge in [-0.3, -0.25) is 14.7 Å². The van der Waals surface area contributed by atoms with E-state index < -0.39 is 0 Å². The molecule has 2 heterocycles. The van der Waals surface area contributed by atoms with Crippen molar-refractivity contribution in [3.63, 3.8) is 0 Å². The molecule has 1 aliphatic rings. The summed E-state index contributed by atoms with van der Waals surface area (Å²) in [7, 11) is 1.95. The van der Waals surface area contributed by atoms with Gasteiger partial charge in [0.25, 0.3) is 5.91 Å². The Morgan fingerprint density at radius 1 is 1.37 bits per heavy atom. The quantitative estimate of drug-likeness (QED) is 0.866. The van der Waals surface area contributed by atoms with Crippen molar-refractivity contribution in [1.29, 1.82) is 5.26 Å². The number of likely N-dealkylation sites (tertiary alicyclic amines) is 1. The lowest BCUT2D eigenvalue weighted by molar-refractivity contribution is 0.0938. The summed E-state index contributed by atoms with van der Waals surface area (Å²) in [5, 5.41) is 21.8. The lowest BCUT2D eigenvalue weighted by Gasteiger charge is -2.15. The van der Waals surface area contributed by atoms with E-state index in [0.29, 0.717) is 16.8 Å². The molecule has 2 N–H and O–H groups in total. The first-order valence-electron chi connectivity index (χ1n) is 9.03. The number of amides is 1. The van der Waals surface area contributed by atoms with Gasteiger partial charge in [-0.2, -0.15) is 5.26 Å². The third-order valence-electron chi connectivity index (χ3n) is 5.11. The first-order chi connectivity index (χ1) is 12.9. The third-order valence-corrected chi connectivity index (χ3v) is 5.11. The average molecular weight is 364 g/mol. The Labute approximate surface area is 159 Å². The van der Waals surface area contributed by atoms with E-state index in [1.165, 1.54) is 0 Å². The van der Waals surface area contributed by atoms with Gasteiger partial charge in [0.05, 0.1) is 17.9 Å². The zero-order valence-electron chi connectivity index (χ0n) is 15.9. The number of benzene rings is 1. The fourth-order valence-corrected chi connectivity index (χ4v) is 3.63. The van der Waals surface area contributed by atoms with Crippen LogP contribution in [0.3, 0.4) is 0 Å². The van der Waals surface area contributed by atoms with Crippen LogP contribution in [-0.4, -0.2) is 53.2 Å². The summed E-state index contributed by atoms with van der Waals surface area (Å²) in [6, 6.07) is 11.4. The van der Waals surface area contributed by atoms with E-state index >= 15 is 0 Å². The Bertz CT molecular complexity index is 886. The Morgan fingerprint density at radius 3 is 2.67 bits per heavy atom. The van der Waals surface area contributed by atoms with Gasteiger partial charge in [0.15, 0.2) is 0 Å². The average Bonchev–Trinajstić information content (AvgIpc) is 3.00. The molecule has 0 unspecified atom stereocenters. The first kappa shape index (κ1) is 19.0. The minimum absolute atomic E-state index is 0.0330. The molecule has 2 aromatic rings. The predicted molar refractivity (Wildman–Crippen MR) is 103 cm³/mol. The van der Waals surface area contributed by atoms with E-state index in [1.807, 2.05) is 39.1 Å². The molecule has 6 nitrogen and oxygen atoms in total. The molecular weight excluding hydrogens is 340 g/mol. The number of nitrogens with zero attached hydrogens (tertiary/aromatic N) is 3. The number of aliphatic hydroxyl groups excluding tert-OH is 1. The van der Waals surface area contributed by atoms with Gasteiger partial charge in [-0.1, -0.05) is 12.1 Å². The minimum atomic E-state index is -0.132. The van der Waals surface area contributed by atoms with Crippen LogP contribution in [0.4, 0.5) is 0 Å². The molecule has 1 aromatic carbocycles. The fourth-order valence-electron chi connectivity index (χ4n) is 3.63. The molecule has 0 spiro atoms. The molecule has 140 valence electrons. The summed E-state index contributed by atoms with van der Waals surface area (Å²) in [5.41, 5.74) is 4.33. The van der Waals surface area contributed by atoms with Crippen molar-refractivity contribution in [3.05, 3.63) is 52.7 Å². The molecule has 1 saturated heterocycles. The van der Waals surface area contributed by atoms with Crippen LogP contribution in [0.15, 0.2) is 30.3 Å². The molecule has 0 radical (unpaired) electrons. The maximum Gasteiger partial charge on any atom is 0.251 e. The van der Waals surface area contributed by atoms with Crippen molar-refractivity contribution in [1.82, 2.24) is 15.2 Å². The molecule has 0 aliphatic carbocycles. The third kappa shape index (κ3) is 4.00. The number of carbonyl (C=O) groups excluding carboxylic acids is 1. The zero-order valence-corrected chi connectivity index (χ0v) is 15.9. The summed E-state index contributed by atoms with van der Waals surface area (Å²) in [6.45, 7) is 4.63. The van der Waals surface area contributed by atoms with E-state index in [1.54, 1.807) is 12.1 Å². The molecule has 27 heavy (non-hydrogen) atoms. The first-order valence-corrected chi connectivity index (χ1v) is 9.03. The van der Waals surface area contributed by atoms with Crippen LogP contribution in [0.1, 0.15) is 33.6 Å². The molecule has 1 aliphatic heterocycles. The van der Waals surface area contributed by atoms with Crippen molar-refractivity contribution in [2.24, 2.45) is 0 Å². The highest BCUT2D eigenvalue weighted by Gasteiger charge is 2.29. The van der Waals surface area contributed by atoms with E-state index in [-0.39, 0.29) is 24.6 Å². The lowest BCUT2D eigenvalue weighted by atomic mass is 10.0. The highest BCUT2D eigenvalue weighted by atomic mass is 16.3. The molecule has 6 heteroatoms. The number of nitriles is 1. The number of aryl methyl sites for hydroxylation is 2. The van der Waals surface area contributed by atoms with Gasteiger partial charge in [0, 0.05) is 35.4 Å². The fraction of sp³-hybridized carbons (Fsp3) is 0.381. The Balaban J connectivity index is 1.77. The van der Waals surface area contributed by atoms with Crippen LogP contribution in [0.5, 0.6) is 0 Å². The normalized spacial score (nSPS) is 19.7. The van der Waals surface area contributed by atoms with Crippen molar-refractivity contribution >= 4 is 5.91 Å². The van der Waals surface area contributed by atoms with Crippen LogP contribution >= 0.6 is 0 Å². The summed E-state index contributed by atoms with van der Waals surface area (Å²) in [6.07, 6.45) is 0.745. The zero-order chi connectivity index (χ0) is 19.6. The smallest absolute Gasteiger partial charge is 0.251 e. The summed E-state index contributed by atoms with van der Waals surface area (Å²) in [4.78, 5) is 19.1. The molecule has 3 rings (SSSR count). The monoisotopic (exact) mass is 364 g/mol. The van der Waals surface area contributed by atoms with Crippen LogP contribution in [-0.2, 0) is 0 Å². The largest absolute Gasteiger partial charge is 0.395 e. The van der Waals surface area contributed by atoms with E-state index in [9.17, 15) is 15.2 Å². The lowest BCUT2D eigenvalue weighted by Crippen LogP contribution is -2.36. The minimum Gasteiger partial charge on any atom is -0.395 e. The number of carbonyl (C=O) groups is 1. The molecule has 0 bridgehead atoms. The van der Waals surface area contributed by atoms with Gasteiger partial charge < -0.3 is 10.4 Å². The van der Waals surface area contributed by atoms with Gasteiger partial charge in [-0.05, 0) is 51.1 Å². The second kappa shape index (κ2) is 7.87. The number of pyridine rings is 1. The summed E-state index contributed by atoms with van der Waals surface area (Å²) in [5.74, 6) is -0.132. The molecular formula is C21H24N4O2. The van der Waals surface area contributed by atoms with Gasteiger partial charge in [-0.25, -0.2) is 0 Å². The van der Waals surface area contributed by atoms with Gasteiger partial charge >= 0.3 is 0 Å². The molecule has 1 fully saturated rings. The van der Waals surface area contributed by atoms with Gasteiger partial charge in [0.2, 0.25) is 0 Å². The van der Waals surface area contributed by atoms with Crippen LogP contribution in [0.2, 0.25) is 0 Å². The standard InChI is InChI=1S/C21H24N4O2/c1-13-8-14(2)23-20(19(13)10-22)15-4-6-16(7-5-15)21(27)24-17-9-18(12-26)25(3)11-17/h4-8,17-18,26H,9,11-12H2,1-3H3,(H,24,27)/t17-,18+/m1/s1. The second-order valence-corrected chi connectivity index (χ2v) is 7.18. The summed E-state index contributed by atoms with van der Waals surface area (Å²) >= 11 is 0. The van der Waals surface area contributed by atoms with Crippen LogP contribution in [0.25, 0.3) is 11.3 Å². The predicted octanol–water partition coefficient (Wildman–Crippen LogP) is 2.03. The Hall–Kier alpha value is -2.75. The van der Waals surface area contributed by atoms with Gasteiger partial charge in [0.1, 0.15) is 6.07 Å². The van der Waals surface area contributed by atoms with E-state index in [0.717, 1.165) is 29.8 Å². The van der Waals surface area contributed by atoms with Crippen molar-refractivity contribution in [2.75, 3.05) is 20.2 Å². The van der Waals surface area contributed by atoms with Crippen molar-refractivity contribution < 1.29 is 9.90 Å². The number of aliphatic hydroxyl groups is 1. The number of aromatic nitrogens is 1. The number of hydrogen-bond donors (Lipinski definition) is 2. The number of likely N-dealkylation sites (N-methyl/N-ethyl adjacent to an activating group) is 1. The van der Waals surface area contributed by atoms with E-state index in [4.69, 9.17) is 0 Å². The Kier molecular flexibility index (Phi) is 5.54. The highest BCUT2D eigenvalue weighted by Crippen LogP contribution is 2.25. The van der Waals surface area contributed by atoms with Crippen LogP contribution in [0, 0.1) is 25.2 Å². The molecule has 1 aromatic heterocycles. The molecule has 2 atom stereocenters. The second-order valence-electron chi connectivity index (χ2n) is 7.18. The molecule has 0 saturated carbocycles. The Morgan fingerprint density at radius 2 is 2.07 bits per heavy atom. The number of rotatable bonds is 4. The van der Waals surface area contributed by atoms with Gasteiger partial charge in [-0.15, -0.1) is 0 Å². The topological polar surface area (TPSA) is 89.2 Å². The molecule has 1 amide bonds. The van der Waals surface area contributed by atoms with E-state index in [2.05, 4.69) is 21.3 Å². The highest BCUT2D eigenvalue weighted by molar-refractivity contribution is 5.95. The maximum absolute atomic E-state index is 12.5.